The molecule has 0 saturated carbocycles. The monoisotopic (exact) mass is 330 g/mol. The summed E-state index contributed by atoms with van der Waals surface area (Å²) in [6, 6.07) is -0.0572. The third-order valence-electron chi connectivity index (χ3n) is 3.60. The van der Waals surface area contributed by atoms with Crippen LogP contribution in [0.4, 0.5) is 5.82 Å². The molecule has 0 aliphatic carbocycles. The number of sulfonamides is 1. The van der Waals surface area contributed by atoms with Crippen LogP contribution in [0.1, 0.15) is 33.6 Å². The minimum absolute atomic E-state index is 0.0572. The fourth-order valence-electron chi connectivity index (χ4n) is 2.00. The fraction of sp³-hybridized carbons (Fsp3) is 0.615. The first-order chi connectivity index (χ1) is 9.93. The van der Waals surface area contributed by atoms with Crippen molar-refractivity contribution in [1.29, 1.82) is 0 Å². The normalized spacial score (nSPS) is 14.0. The summed E-state index contributed by atoms with van der Waals surface area (Å²) in [5.41, 5.74) is 0. The molecule has 0 fully saturated rings. The number of imidazole rings is 1. The molecule has 6 nitrogen and oxygen atoms in total. The molecule has 118 valence electrons. The predicted octanol–water partition coefficient (Wildman–Crippen LogP) is 2.64. The Hall–Kier alpha value is -1.12. The largest absolute Gasteiger partial charge is 0.368 e. The molecule has 8 heteroatoms. The van der Waals surface area contributed by atoms with Crippen LogP contribution in [0.15, 0.2) is 16.6 Å². The summed E-state index contributed by atoms with van der Waals surface area (Å²) in [6.45, 7) is 6.61. The average Bonchev–Trinajstić information content (AvgIpc) is 3.02. The Morgan fingerprint density at radius 2 is 2.19 bits per heavy atom. The van der Waals surface area contributed by atoms with E-state index in [1.165, 1.54) is 15.6 Å². The van der Waals surface area contributed by atoms with E-state index < -0.39 is 10.0 Å². The van der Waals surface area contributed by atoms with E-state index in [9.17, 15) is 8.42 Å². The quantitative estimate of drug-likeness (QED) is 0.847. The minimum atomic E-state index is -3.59. The Kier molecular flexibility index (Phi) is 4.90. The second kappa shape index (κ2) is 6.33. The second-order valence-electron chi connectivity index (χ2n) is 5.03. The Morgan fingerprint density at radius 1 is 1.48 bits per heavy atom. The molecule has 2 rings (SSSR count). The molecule has 0 bridgehead atoms. The van der Waals surface area contributed by atoms with Crippen LogP contribution in [0, 0.1) is 0 Å². The third kappa shape index (κ3) is 2.93. The Bertz CT molecular complexity index is 705. The summed E-state index contributed by atoms with van der Waals surface area (Å²) < 4.78 is 28.9. The van der Waals surface area contributed by atoms with Gasteiger partial charge in [0.15, 0.2) is 15.8 Å². The molecule has 2 aromatic heterocycles. The van der Waals surface area contributed by atoms with E-state index in [1.54, 1.807) is 17.6 Å². The Morgan fingerprint density at radius 3 is 2.81 bits per heavy atom. The second-order valence-corrected chi connectivity index (χ2v) is 7.81. The third-order valence-corrected chi connectivity index (χ3v) is 6.35. The highest BCUT2D eigenvalue weighted by molar-refractivity contribution is 7.89. The van der Waals surface area contributed by atoms with Crippen molar-refractivity contribution in [3.8, 4) is 0 Å². The summed E-state index contributed by atoms with van der Waals surface area (Å²) in [5, 5.41) is 5.20. The maximum Gasteiger partial charge on any atom is 0.262 e. The lowest BCUT2D eigenvalue weighted by Gasteiger charge is -2.23. The molecule has 21 heavy (non-hydrogen) atoms. The summed E-state index contributed by atoms with van der Waals surface area (Å²) in [5.74, 6) is 0.443. The van der Waals surface area contributed by atoms with E-state index >= 15 is 0 Å². The smallest absolute Gasteiger partial charge is 0.262 e. The van der Waals surface area contributed by atoms with Crippen molar-refractivity contribution in [3.63, 3.8) is 0 Å². The summed E-state index contributed by atoms with van der Waals surface area (Å²) in [6.07, 6.45) is 3.42. The van der Waals surface area contributed by atoms with Gasteiger partial charge in [-0.3, -0.25) is 4.40 Å². The van der Waals surface area contributed by atoms with Crippen LogP contribution in [0.2, 0.25) is 0 Å². The molecule has 0 aromatic carbocycles. The van der Waals surface area contributed by atoms with Crippen LogP contribution < -0.4 is 5.32 Å². The van der Waals surface area contributed by atoms with E-state index in [4.69, 9.17) is 0 Å². The van der Waals surface area contributed by atoms with Gasteiger partial charge in [-0.05, 0) is 19.8 Å². The van der Waals surface area contributed by atoms with E-state index in [0.29, 0.717) is 17.3 Å². The molecule has 0 saturated heterocycles. The van der Waals surface area contributed by atoms with Gasteiger partial charge in [0.05, 0.1) is 0 Å². The van der Waals surface area contributed by atoms with Gasteiger partial charge < -0.3 is 5.32 Å². The van der Waals surface area contributed by atoms with Crippen molar-refractivity contribution < 1.29 is 8.42 Å². The van der Waals surface area contributed by atoms with Crippen LogP contribution in [-0.4, -0.2) is 41.7 Å². The number of hydrogen-bond donors (Lipinski definition) is 1. The zero-order valence-corrected chi connectivity index (χ0v) is 14.5. The fourth-order valence-corrected chi connectivity index (χ4v) is 4.43. The summed E-state index contributed by atoms with van der Waals surface area (Å²) in [4.78, 5) is 5.09. The molecule has 2 aromatic rings. The maximum absolute atomic E-state index is 12.9. The van der Waals surface area contributed by atoms with Crippen molar-refractivity contribution in [2.24, 2.45) is 0 Å². The number of nitrogens with one attached hydrogen (secondary N) is 1. The van der Waals surface area contributed by atoms with Crippen molar-refractivity contribution in [2.45, 2.75) is 44.7 Å². The Labute approximate surface area is 129 Å². The molecule has 0 amide bonds. The first-order valence-corrected chi connectivity index (χ1v) is 9.42. The highest BCUT2D eigenvalue weighted by Gasteiger charge is 2.31. The van der Waals surface area contributed by atoms with Crippen LogP contribution in [-0.2, 0) is 10.0 Å². The molecule has 1 atom stereocenters. The standard InChI is InChI=1S/C13H22N4O2S2/c1-5-7-14-11-12(17-8-9-20-13(17)15-11)21(18,19)16(4)10(3)6-2/h8-10,14H,5-7H2,1-4H3. The lowest BCUT2D eigenvalue weighted by atomic mass is 10.3. The van der Waals surface area contributed by atoms with Crippen LogP contribution in [0.5, 0.6) is 0 Å². The van der Waals surface area contributed by atoms with Gasteiger partial charge in [0.2, 0.25) is 0 Å². The lowest BCUT2D eigenvalue weighted by molar-refractivity contribution is 0.379. The van der Waals surface area contributed by atoms with Gasteiger partial charge >= 0.3 is 0 Å². The number of thiazole rings is 1. The summed E-state index contributed by atoms with van der Waals surface area (Å²) in [7, 11) is -1.96. The zero-order chi connectivity index (χ0) is 15.6. The highest BCUT2D eigenvalue weighted by Crippen LogP contribution is 2.28. The van der Waals surface area contributed by atoms with E-state index in [2.05, 4.69) is 10.3 Å². The number of fused-ring (bicyclic) bond motifs is 1. The van der Waals surface area contributed by atoms with Gasteiger partial charge in [-0.15, -0.1) is 11.3 Å². The van der Waals surface area contributed by atoms with Crippen LogP contribution in [0.25, 0.3) is 4.96 Å². The first kappa shape index (κ1) is 16.3. The average molecular weight is 330 g/mol. The zero-order valence-electron chi connectivity index (χ0n) is 12.8. The van der Waals surface area contributed by atoms with E-state index in [1.807, 2.05) is 26.2 Å². The molecule has 1 unspecified atom stereocenters. The number of hydrogen-bond acceptors (Lipinski definition) is 5. The van der Waals surface area contributed by atoms with Gasteiger partial charge in [0.25, 0.3) is 10.0 Å². The molecule has 2 heterocycles. The highest BCUT2D eigenvalue weighted by atomic mass is 32.2. The van der Waals surface area contributed by atoms with Gasteiger partial charge in [0, 0.05) is 31.2 Å². The van der Waals surface area contributed by atoms with Crippen molar-refractivity contribution in [3.05, 3.63) is 11.6 Å². The van der Waals surface area contributed by atoms with Crippen LogP contribution in [0.3, 0.4) is 0 Å². The topological polar surface area (TPSA) is 66.7 Å². The SMILES string of the molecule is CCCNc1nc2sccn2c1S(=O)(=O)N(C)C(C)CC. The molecular weight excluding hydrogens is 308 g/mol. The van der Waals surface area contributed by atoms with E-state index in [-0.39, 0.29) is 11.1 Å². The number of aromatic nitrogens is 2. The van der Waals surface area contributed by atoms with Crippen molar-refractivity contribution >= 4 is 32.1 Å². The molecule has 0 aliphatic heterocycles. The van der Waals surface area contributed by atoms with Crippen molar-refractivity contribution in [1.82, 2.24) is 13.7 Å². The Balaban J connectivity index is 2.54. The maximum atomic E-state index is 12.9. The molecule has 0 aliphatic rings. The number of rotatable bonds is 7. The minimum Gasteiger partial charge on any atom is -0.368 e. The van der Waals surface area contributed by atoms with Crippen molar-refractivity contribution in [2.75, 3.05) is 18.9 Å². The van der Waals surface area contributed by atoms with E-state index in [0.717, 1.165) is 12.8 Å². The molecule has 0 spiro atoms. The number of nitrogens with zero attached hydrogens (tertiary/aromatic N) is 3. The number of anilines is 1. The molecular formula is C13H22N4O2S2. The predicted molar refractivity (Wildman–Crippen MR) is 86.6 cm³/mol. The first-order valence-electron chi connectivity index (χ1n) is 7.10. The van der Waals surface area contributed by atoms with Gasteiger partial charge in [0.1, 0.15) is 0 Å². The molecule has 0 radical (unpaired) electrons. The van der Waals surface area contributed by atoms with Gasteiger partial charge in [-0.1, -0.05) is 13.8 Å². The summed E-state index contributed by atoms with van der Waals surface area (Å²) >= 11 is 1.43. The van der Waals surface area contributed by atoms with Gasteiger partial charge in [-0.25, -0.2) is 13.4 Å². The van der Waals surface area contributed by atoms with Gasteiger partial charge in [-0.2, -0.15) is 4.31 Å². The molecule has 1 N–H and O–H groups in total. The lowest BCUT2D eigenvalue weighted by Crippen LogP contribution is -2.35. The van der Waals surface area contributed by atoms with Crippen LogP contribution >= 0.6 is 11.3 Å².